The fraction of sp³-hybridized carbons (Fsp3) is 0.208. The molecule has 33 heavy (non-hydrogen) atoms. The number of carbonyl (C=O) groups excluding carboxylic acids is 1. The number of benzene rings is 1. The maximum atomic E-state index is 13.6. The molecule has 1 aromatic carbocycles. The number of hydrogen-bond donors (Lipinski definition) is 3. The summed E-state index contributed by atoms with van der Waals surface area (Å²) in [5.74, 6) is 1.05. The molecule has 9 heteroatoms. The van der Waals surface area contributed by atoms with Gasteiger partial charge in [0, 0.05) is 43.0 Å². The number of Topliss-reactive ketones (excluding diaryl/α,β-unsaturated/α-hetero) is 1. The summed E-state index contributed by atoms with van der Waals surface area (Å²) in [6, 6.07) is 12.2. The van der Waals surface area contributed by atoms with Gasteiger partial charge in [0.25, 0.3) is 0 Å². The highest BCUT2D eigenvalue weighted by Gasteiger charge is 2.27. The van der Waals surface area contributed by atoms with Gasteiger partial charge in [-0.2, -0.15) is 0 Å². The highest BCUT2D eigenvalue weighted by molar-refractivity contribution is 6.06. The normalized spacial score (nSPS) is 16.1. The molecule has 1 fully saturated rings. The number of carbonyl (C=O) groups is 1. The molecule has 0 spiro atoms. The highest BCUT2D eigenvalue weighted by Crippen LogP contribution is 2.35. The number of β-amino-alcohol motifs (C(OH)–C–C–N with tert-alkyl or cyclic N) is 1. The number of rotatable bonds is 4. The second-order valence-electron chi connectivity index (χ2n) is 8.32. The summed E-state index contributed by atoms with van der Waals surface area (Å²) < 4.78 is 15.4. The maximum absolute atomic E-state index is 13.6. The molecule has 2 aliphatic rings. The van der Waals surface area contributed by atoms with Crippen molar-refractivity contribution in [3.8, 4) is 11.3 Å². The van der Waals surface area contributed by atoms with E-state index in [4.69, 9.17) is 0 Å². The molecule has 1 saturated heterocycles. The van der Waals surface area contributed by atoms with E-state index < -0.39 is 0 Å². The van der Waals surface area contributed by atoms with Crippen molar-refractivity contribution < 1.29 is 14.3 Å². The van der Waals surface area contributed by atoms with E-state index in [1.807, 2.05) is 39.6 Å². The number of halogens is 1. The topological polar surface area (TPSA) is 94.8 Å². The van der Waals surface area contributed by atoms with Gasteiger partial charge in [-0.25, -0.2) is 14.4 Å². The molecule has 0 atom stereocenters. The smallest absolute Gasteiger partial charge is 0.179 e. The van der Waals surface area contributed by atoms with E-state index in [1.54, 1.807) is 12.4 Å². The third kappa shape index (κ3) is 3.42. The Balaban J connectivity index is 1.41. The van der Waals surface area contributed by atoms with Gasteiger partial charge in [0.15, 0.2) is 5.78 Å². The van der Waals surface area contributed by atoms with Gasteiger partial charge < -0.3 is 20.6 Å². The number of pyridine rings is 2. The van der Waals surface area contributed by atoms with Crippen LogP contribution < -0.4 is 15.5 Å². The molecule has 2 aliphatic heterocycles. The zero-order valence-electron chi connectivity index (χ0n) is 17.6. The van der Waals surface area contributed by atoms with Gasteiger partial charge in [-0.05, 0) is 29.8 Å². The van der Waals surface area contributed by atoms with Crippen molar-refractivity contribution in [2.75, 3.05) is 29.9 Å². The number of nitrogens with zero attached hydrogens (tertiary/aromatic N) is 4. The summed E-state index contributed by atoms with van der Waals surface area (Å²) in [4.78, 5) is 23.9. The number of aliphatic hydroxyl groups is 1. The monoisotopic (exact) mass is 444 g/mol. The summed E-state index contributed by atoms with van der Waals surface area (Å²) >= 11 is 0. The molecule has 3 N–H and O–H groups in total. The van der Waals surface area contributed by atoms with E-state index in [9.17, 15) is 14.3 Å². The lowest BCUT2D eigenvalue weighted by molar-refractivity contribution is 0.0983. The van der Waals surface area contributed by atoms with Gasteiger partial charge in [-0.1, -0.05) is 12.1 Å². The van der Waals surface area contributed by atoms with Gasteiger partial charge in [-0.3, -0.25) is 9.20 Å². The molecule has 0 saturated carbocycles. The molecule has 0 unspecified atom stereocenters. The van der Waals surface area contributed by atoms with Crippen molar-refractivity contribution in [2.24, 2.45) is 0 Å². The second-order valence-corrected chi connectivity index (χ2v) is 8.32. The average Bonchev–Trinajstić information content (AvgIpc) is 3.20. The quantitative estimate of drug-likeness (QED) is 0.446. The number of aromatic nitrogens is 3. The van der Waals surface area contributed by atoms with Crippen molar-refractivity contribution in [1.29, 1.82) is 0 Å². The van der Waals surface area contributed by atoms with Crippen LogP contribution in [-0.4, -0.2) is 51.0 Å². The van der Waals surface area contributed by atoms with E-state index in [2.05, 4.69) is 20.6 Å². The van der Waals surface area contributed by atoms with Crippen molar-refractivity contribution >= 4 is 28.8 Å². The fourth-order valence-corrected chi connectivity index (χ4v) is 4.49. The number of aliphatic hydroxyl groups excluding tert-OH is 1. The van der Waals surface area contributed by atoms with Gasteiger partial charge >= 0.3 is 0 Å². The lowest BCUT2D eigenvalue weighted by Crippen LogP contribution is -2.51. The molecule has 0 radical (unpaired) electrons. The first-order valence-electron chi connectivity index (χ1n) is 10.8. The van der Waals surface area contributed by atoms with Crippen molar-refractivity contribution in [3.05, 3.63) is 71.8 Å². The number of fused-ring (bicyclic) bond motifs is 2. The molecule has 8 nitrogen and oxygen atoms in total. The first kappa shape index (κ1) is 19.8. The summed E-state index contributed by atoms with van der Waals surface area (Å²) in [6.07, 6.45) is 3.03. The van der Waals surface area contributed by atoms with E-state index in [0.717, 1.165) is 22.6 Å². The van der Waals surface area contributed by atoms with Crippen molar-refractivity contribution in [1.82, 2.24) is 19.7 Å². The van der Waals surface area contributed by atoms with Gasteiger partial charge in [0.05, 0.1) is 30.2 Å². The lowest BCUT2D eigenvalue weighted by Gasteiger charge is -2.36. The van der Waals surface area contributed by atoms with Crippen LogP contribution in [0.2, 0.25) is 0 Å². The summed E-state index contributed by atoms with van der Waals surface area (Å²) in [6.45, 7) is 1.91. The van der Waals surface area contributed by atoms with Gasteiger partial charge in [0.2, 0.25) is 0 Å². The Morgan fingerprint density at radius 1 is 1.15 bits per heavy atom. The van der Waals surface area contributed by atoms with E-state index >= 15 is 0 Å². The molecule has 3 aromatic heterocycles. The number of hydrogen-bond acceptors (Lipinski definition) is 7. The zero-order valence-corrected chi connectivity index (χ0v) is 17.6. The van der Waals surface area contributed by atoms with E-state index in [1.165, 1.54) is 12.1 Å². The summed E-state index contributed by atoms with van der Waals surface area (Å²) in [5.41, 5.74) is 4.34. The highest BCUT2D eigenvalue weighted by atomic mass is 19.1. The minimum Gasteiger partial charge on any atom is -0.389 e. The minimum atomic E-state index is -0.347. The summed E-state index contributed by atoms with van der Waals surface area (Å²) in [7, 11) is 0. The van der Waals surface area contributed by atoms with Gasteiger partial charge in [0.1, 0.15) is 23.1 Å². The van der Waals surface area contributed by atoms with Crippen LogP contribution in [0.5, 0.6) is 0 Å². The van der Waals surface area contributed by atoms with Crippen LogP contribution in [0.4, 0.5) is 21.7 Å². The third-order valence-corrected chi connectivity index (χ3v) is 6.11. The Kier molecular flexibility index (Phi) is 4.60. The molecule has 4 aromatic rings. The predicted molar refractivity (Wildman–Crippen MR) is 122 cm³/mol. The summed E-state index contributed by atoms with van der Waals surface area (Å²) in [5, 5.41) is 16.1. The molecule has 5 heterocycles. The van der Waals surface area contributed by atoms with Crippen molar-refractivity contribution in [2.45, 2.75) is 12.6 Å². The Labute approximate surface area is 188 Å². The zero-order chi connectivity index (χ0) is 22.5. The minimum absolute atomic E-state index is 0.0116. The predicted octanol–water partition coefficient (Wildman–Crippen LogP) is 2.75. The number of imidazole rings is 1. The van der Waals surface area contributed by atoms with Crippen LogP contribution in [0.1, 0.15) is 15.9 Å². The maximum Gasteiger partial charge on any atom is 0.179 e. The van der Waals surface area contributed by atoms with Crippen LogP contribution in [0.3, 0.4) is 0 Å². The number of nitrogens with one attached hydrogen (secondary N) is 2. The fourth-order valence-electron chi connectivity index (χ4n) is 4.49. The number of ketones is 1. The molecular weight excluding hydrogens is 423 g/mol. The van der Waals surface area contributed by atoms with E-state index in [-0.39, 0.29) is 24.2 Å². The molecule has 0 aliphatic carbocycles. The third-order valence-electron chi connectivity index (χ3n) is 6.11. The Morgan fingerprint density at radius 3 is 2.88 bits per heavy atom. The molecule has 0 bridgehead atoms. The molecule has 166 valence electrons. The van der Waals surface area contributed by atoms with E-state index in [0.29, 0.717) is 42.4 Å². The largest absolute Gasteiger partial charge is 0.389 e. The average molecular weight is 444 g/mol. The second kappa shape index (κ2) is 7.65. The SMILES string of the molecule is O=C1CNCc2c(-c3cnc4cc(F)ccn34)ccc(Nc3cccc(N4CC(O)C4)n3)c21. The lowest BCUT2D eigenvalue weighted by atomic mass is 9.92. The molecule has 6 rings (SSSR count). The standard InChI is InChI=1S/C24H21FN6O2/c25-14-6-7-31-19(10-27-23(31)8-14)16-4-5-18(24-17(16)9-26-11-20(24)33)28-21-2-1-3-22(29-21)30-12-15(32)13-30/h1-8,10,15,26,32H,9,11-13H2,(H,28,29). The Bertz CT molecular complexity index is 1400. The van der Waals surface area contributed by atoms with Crippen LogP contribution >= 0.6 is 0 Å². The first-order chi connectivity index (χ1) is 16.1. The van der Waals surface area contributed by atoms with Gasteiger partial charge in [-0.15, -0.1) is 0 Å². The van der Waals surface area contributed by atoms with Crippen LogP contribution in [0.15, 0.2) is 54.9 Å². The Morgan fingerprint density at radius 2 is 2.03 bits per heavy atom. The van der Waals surface area contributed by atoms with Crippen LogP contribution in [-0.2, 0) is 6.54 Å². The van der Waals surface area contributed by atoms with Crippen LogP contribution in [0, 0.1) is 5.82 Å². The first-order valence-corrected chi connectivity index (χ1v) is 10.8. The van der Waals surface area contributed by atoms with Crippen molar-refractivity contribution in [3.63, 3.8) is 0 Å². The number of anilines is 3. The van der Waals surface area contributed by atoms with Crippen LogP contribution in [0.25, 0.3) is 16.9 Å². The molecular formula is C24H21FN6O2. The Hall–Kier alpha value is -3.82. The molecule has 0 amide bonds.